The van der Waals surface area contributed by atoms with E-state index in [1.807, 2.05) is 0 Å². The van der Waals surface area contributed by atoms with Crippen LogP contribution in [-0.4, -0.2) is 9.52 Å². The first-order chi connectivity index (χ1) is 21.6. The van der Waals surface area contributed by atoms with Crippen molar-refractivity contribution < 1.29 is 26.2 Å². The smallest absolute Gasteiger partial charge is 0.165 e. The molecule has 0 amide bonds. The molecular weight excluding hydrogens is 660 g/mol. The van der Waals surface area contributed by atoms with Gasteiger partial charge in [0.25, 0.3) is 0 Å². The number of fused-ring (bicyclic) bond motifs is 2. The van der Waals surface area contributed by atoms with Crippen LogP contribution in [0, 0.1) is 13.8 Å². The maximum absolute atomic E-state index is 2.35. The van der Waals surface area contributed by atoms with E-state index in [1.54, 1.807) is 0 Å². The first kappa shape index (κ1) is 38.6. The third kappa shape index (κ3) is 9.43. The number of hydrogen-bond donors (Lipinski definition) is 0. The Morgan fingerprint density at radius 2 is 1.09 bits per heavy atom. The van der Waals surface area contributed by atoms with E-state index in [-0.39, 0.29) is 37.0 Å². The van der Waals surface area contributed by atoms with E-state index in [0.29, 0.717) is 5.92 Å². The van der Waals surface area contributed by atoms with Crippen molar-refractivity contribution in [1.29, 1.82) is 0 Å². The van der Waals surface area contributed by atoms with Gasteiger partial charge < -0.3 is 0 Å². The van der Waals surface area contributed by atoms with E-state index < -0.39 is 0 Å². The van der Waals surface area contributed by atoms with Gasteiger partial charge >= 0.3 is 26.2 Å². The van der Waals surface area contributed by atoms with Gasteiger partial charge in [-0.2, -0.15) is 12.1 Å². The standard InChI is InChI=1S/C22H25.C21H23.C2H6Si.Zr/c1-15(2)18-13-17-7-6-8-20(21(17)14-18)16-9-11-19(12-10-16)22(3,4)5;1-14-12-19-15(2)6-11-18(20(19)13-14)16-7-9-17(10-8-16)21(3,4)5;1-3-2;/h6-15H,1-5H3;6-13H,1-5H3;1-2H3;/q2*-1;;+2. The van der Waals surface area contributed by atoms with Crippen molar-refractivity contribution in [3.05, 3.63) is 131 Å². The molecule has 0 aromatic heterocycles. The number of rotatable bonds is 3. The number of benzene rings is 4. The Morgan fingerprint density at radius 3 is 1.55 bits per heavy atom. The maximum Gasteiger partial charge on any atom is 2.00 e. The predicted octanol–water partition coefficient (Wildman–Crippen LogP) is 13.6. The quantitative estimate of drug-likeness (QED) is 0.126. The largest absolute Gasteiger partial charge is 2.00 e. The summed E-state index contributed by atoms with van der Waals surface area (Å²) in [6, 6.07) is 38.5. The Morgan fingerprint density at radius 1 is 0.596 bits per heavy atom. The Kier molecular flexibility index (Phi) is 13.2. The van der Waals surface area contributed by atoms with Gasteiger partial charge in [-0.1, -0.05) is 154 Å². The van der Waals surface area contributed by atoms with Crippen LogP contribution in [0.5, 0.6) is 0 Å². The molecule has 0 heterocycles. The molecule has 0 aliphatic rings. The Bertz CT molecular complexity index is 1860. The first-order valence-corrected chi connectivity index (χ1v) is 18.8. The zero-order valence-corrected chi connectivity index (χ0v) is 34.4. The molecule has 0 N–H and O–H groups in total. The Labute approximate surface area is 307 Å². The van der Waals surface area contributed by atoms with Gasteiger partial charge in [0.05, 0.1) is 0 Å². The molecule has 47 heavy (non-hydrogen) atoms. The average molecular weight is 714 g/mol. The van der Waals surface area contributed by atoms with Crippen LogP contribution in [0.25, 0.3) is 43.8 Å². The molecular formula is C45H54SiZr. The predicted molar refractivity (Wildman–Crippen MR) is 208 cm³/mol. The van der Waals surface area contributed by atoms with Gasteiger partial charge in [-0.25, -0.2) is 0 Å². The third-order valence-electron chi connectivity index (χ3n) is 8.81. The summed E-state index contributed by atoms with van der Waals surface area (Å²) in [5, 5.41) is 5.47. The van der Waals surface area contributed by atoms with Crippen LogP contribution in [0.1, 0.15) is 89.1 Å². The van der Waals surface area contributed by atoms with Gasteiger partial charge in [0, 0.05) is 9.52 Å². The van der Waals surface area contributed by atoms with Gasteiger partial charge in [0.2, 0.25) is 0 Å². The van der Waals surface area contributed by atoms with Crippen molar-refractivity contribution in [3.63, 3.8) is 0 Å². The fourth-order valence-electron chi connectivity index (χ4n) is 5.98. The summed E-state index contributed by atoms with van der Waals surface area (Å²) in [6.45, 7) is 26.7. The van der Waals surface area contributed by atoms with E-state index in [9.17, 15) is 0 Å². The van der Waals surface area contributed by atoms with Crippen LogP contribution in [0.2, 0.25) is 13.1 Å². The van der Waals surface area contributed by atoms with Crippen LogP contribution in [0.15, 0.2) is 103 Å². The summed E-state index contributed by atoms with van der Waals surface area (Å²) in [5.74, 6) is 0.573. The second-order valence-corrected chi connectivity index (χ2v) is 16.2. The van der Waals surface area contributed by atoms with Gasteiger partial charge in [-0.3, -0.25) is 0 Å². The minimum atomic E-state index is 0. The maximum atomic E-state index is 2.35. The summed E-state index contributed by atoms with van der Waals surface area (Å²) >= 11 is 0. The monoisotopic (exact) mass is 712 g/mol. The summed E-state index contributed by atoms with van der Waals surface area (Å²) in [7, 11) is 1.08. The minimum Gasteiger partial charge on any atom is -0.165 e. The second-order valence-electron chi connectivity index (χ2n) is 15.2. The number of hydrogen-bond acceptors (Lipinski definition) is 0. The van der Waals surface area contributed by atoms with Gasteiger partial charge in [0.1, 0.15) is 0 Å². The molecule has 0 aliphatic heterocycles. The molecule has 0 unspecified atom stereocenters. The molecule has 0 bridgehead atoms. The molecule has 0 saturated carbocycles. The molecule has 0 atom stereocenters. The van der Waals surface area contributed by atoms with Crippen molar-refractivity contribution >= 4 is 31.1 Å². The van der Waals surface area contributed by atoms with E-state index in [4.69, 9.17) is 0 Å². The van der Waals surface area contributed by atoms with Crippen LogP contribution in [0.4, 0.5) is 0 Å². The van der Waals surface area contributed by atoms with Crippen molar-refractivity contribution in [3.8, 4) is 22.3 Å². The van der Waals surface area contributed by atoms with Gasteiger partial charge in [-0.05, 0) is 39.0 Å². The Hall–Kier alpha value is -2.80. The molecule has 2 heteroatoms. The van der Waals surface area contributed by atoms with Gasteiger partial charge in [0.15, 0.2) is 0 Å². The number of aryl methyl sites for hydroxylation is 2. The summed E-state index contributed by atoms with van der Waals surface area (Å²) in [5.41, 5.74) is 12.6. The SMILES string of the molecule is CC(C)c1cc2c(-c3ccc(C(C)(C)C)cc3)cccc2[cH-]1.C[Si]C.Cc1cc2c(-c3ccc(C(C)(C)C)cc3)ccc(C)c2[cH-]1.[Zr+2]. The van der Waals surface area contributed by atoms with E-state index in [0.717, 1.165) is 9.52 Å². The van der Waals surface area contributed by atoms with Crippen LogP contribution in [0.3, 0.4) is 0 Å². The van der Waals surface area contributed by atoms with Crippen molar-refractivity contribution in [1.82, 2.24) is 0 Å². The van der Waals surface area contributed by atoms with Gasteiger partial charge in [-0.15, -0.1) is 68.6 Å². The molecule has 6 aromatic rings. The summed E-state index contributed by atoms with van der Waals surface area (Å²) < 4.78 is 0. The first-order valence-electron chi connectivity index (χ1n) is 16.8. The van der Waals surface area contributed by atoms with Crippen molar-refractivity contribution in [2.75, 3.05) is 0 Å². The minimum absolute atomic E-state index is 0. The third-order valence-corrected chi connectivity index (χ3v) is 8.81. The fraction of sp³-hybridized carbons (Fsp3) is 0.333. The van der Waals surface area contributed by atoms with E-state index >= 15 is 0 Å². The van der Waals surface area contributed by atoms with Crippen LogP contribution >= 0.6 is 0 Å². The second kappa shape index (κ2) is 16.1. The topological polar surface area (TPSA) is 0 Å². The average Bonchev–Trinajstić information content (AvgIpc) is 3.62. The molecule has 0 nitrogen and oxygen atoms in total. The molecule has 0 fully saturated rings. The van der Waals surface area contributed by atoms with E-state index in [1.165, 1.54) is 71.6 Å². The normalized spacial score (nSPS) is 11.5. The molecule has 2 radical (unpaired) electrons. The molecule has 0 aliphatic carbocycles. The fourth-order valence-corrected chi connectivity index (χ4v) is 5.98. The van der Waals surface area contributed by atoms with Crippen molar-refractivity contribution in [2.24, 2.45) is 0 Å². The molecule has 6 rings (SSSR count). The van der Waals surface area contributed by atoms with E-state index in [2.05, 4.69) is 185 Å². The van der Waals surface area contributed by atoms with Crippen molar-refractivity contribution in [2.45, 2.75) is 99.1 Å². The molecule has 0 spiro atoms. The molecule has 242 valence electrons. The summed E-state index contributed by atoms with van der Waals surface area (Å²) in [4.78, 5) is 0. The van der Waals surface area contributed by atoms with Crippen LogP contribution < -0.4 is 0 Å². The Balaban J connectivity index is 0.000000232. The molecule has 0 saturated heterocycles. The zero-order valence-electron chi connectivity index (χ0n) is 30.9. The van der Waals surface area contributed by atoms with Crippen LogP contribution in [-0.2, 0) is 37.0 Å². The molecule has 6 aromatic carbocycles. The summed E-state index contributed by atoms with van der Waals surface area (Å²) in [6.07, 6.45) is 0. The zero-order chi connectivity index (χ0) is 33.8.